The minimum Gasteiger partial charge on any atom is -0.447 e. The monoisotopic (exact) mass is 492 g/mol. The van der Waals surface area contributed by atoms with E-state index in [0.29, 0.717) is 18.0 Å². The van der Waals surface area contributed by atoms with Gasteiger partial charge in [0.25, 0.3) is 5.91 Å². The van der Waals surface area contributed by atoms with Gasteiger partial charge in [-0.05, 0) is 35.4 Å². The maximum atomic E-state index is 12.8. The predicted molar refractivity (Wildman–Crippen MR) is 121 cm³/mol. The molecule has 1 N–H and O–H groups in total. The Bertz CT molecular complexity index is 1130. The van der Waals surface area contributed by atoms with Gasteiger partial charge >= 0.3 is 6.18 Å². The Morgan fingerprint density at radius 1 is 1.00 bits per heavy atom. The van der Waals surface area contributed by atoms with Crippen molar-refractivity contribution in [2.24, 2.45) is 0 Å². The number of hydrogen-bond donors (Lipinski definition) is 1. The highest BCUT2D eigenvalue weighted by molar-refractivity contribution is 6.30. The van der Waals surface area contributed by atoms with Gasteiger partial charge in [0.2, 0.25) is 5.89 Å². The van der Waals surface area contributed by atoms with E-state index in [9.17, 15) is 18.0 Å². The molecule has 2 aromatic carbocycles. The van der Waals surface area contributed by atoms with Gasteiger partial charge in [-0.15, -0.1) is 0 Å². The fourth-order valence-electron chi connectivity index (χ4n) is 3.81. The van der Waals surface area contributed by atoms with Crippen molar-refractivity contribution in [3.8, 4) is 0 Å². The van der Waals surface area contributed by atoms with Crippen molar-refractivity contribution in [3.63, 3.8) is 0 Å². The number of aromatic nitrogens is 1. The molecule has 0 bridgehead atoms. The molecule has 180 valence electrons. The third-order valence-electron chi connectivity index (χ3n) is 5.61. The fourth-order valence-corrected chi connectivity index (χ4v) is 4.02. The Labute approximate surface area is 200 Å². The number of oxazole rings is 1. The van der Waals surface area contributed by atoms with Crippen LogP contribution < -0.4 is 5.32 Å². The lowest BCUT2D eigenvalue weighted by Crippen LogP contribution is -2.45. The van der Waals surface area contributed by atoms with Crippen LogP contribution in [0.5, 0.6) is 0 Å². The Hall–Kier alpha value is -2.88. The Balaban J connectivity index is 1.24. The standard InChI is InChI=1S/C24H24ClF3N4O2/c25-20-6-2-4-18(12-20)14-31-7-9-32(10-8-31)15-22-30-21(16-34-22)23(33)29-13-17-3-1-5-19(11-17)24(26,27)28/h1-6,11-12,16H,7-10,13-15H2,(H,29,33). The van der Waals surface area contributed by atoms with Gasteiger partial charge in [0.1, 0.15) is 6.26 Å². The van der Waals surface area contributed by atoms with Crippen LogP contribution in [-0.4, -0.2) is 46.9 Å². The van der Waals surface area contributed by atoms with Crippen LogP contribution >= 0.6 is 11.6 Å². The van der Waals surface area contributed by atoms with E-state index >= 15 is 0 Å². The third-order valence-corrected chi connectivity index (χ3v) is 5.85. The average molecular weight is 493 g/mol. The molecule has 1 aliphatic heterocycles. The van der Waals surface area contributed by atoms with E-state index in [1.165, 1.54) is 24.0 Å². The van der Waals surface area contributed by atoms with Crippen LogP contribution in [0.3, 0.4) is 0 Å². The van der Waals surface area contributed by atoms with Crippen LogP contribution in [0.25, 0.3) is 0 Å². The molecular formula is C24H24ClF3N4O2. The Kier molecular flexibility index (Phi) is 7.55. The van der Waals surface area contributed by atoms with Crippen molar-refractivity contribution < 1.29 is 22.4 Å². The van der Waals surface area contributed by atoms with Crippen molar-refractivity contribution in [1.82, 2.24) is 20.1 Å². The summed E-state index contributed by atoms with van der Waals surface area (Å²) in [6.07, 6.45) is -3.16. The molecule has 6 nitrogen and oxygen atoms in total. The second-order valence-electron chi connectivity index (χ2n) is 8.19. The van der Waals surface area contributed by atoms with E-state index in [-0.39, 0.29) is 12.2 Å². The van der Waals surface area contributed by atoms with Crippen LogP contribution in [0.4, 0.5) is 13.2 Å². The molecule has 0 atom stereocenters. The number of carbonyl (C=O) groups is 1. The van der Waals surface area contributed by atoms with Crippen LogP contribution in [0.2, 0.25) is 5.02 Å². The summed E-state index contributed by atoms with van der Waals surface area (Å²) in [5, 5.41) is 3.32. The molecule has 0 unspecified atom stereocenters. The highest BCUT2D eigenvalue weighted by Gasteiger charge is 2.30. The summed E-state index contributed by atoms with van der Waals surface area (Å²) in [5.74, 6) is -0.0775. The predicted octanol–water partition coefficient (Wildman–Crippen LogP) is 4.59. The first-order valence-corrected chi connectivity index (χ1v) is 11.2. The van der Waals surface area contributed by atoms with E-state index in [0.717, 1.165) is 49.9 Å². The zero-order valence-electron chi connectivity index (χ0n) is 18.3. The zero-order chi connectivity index (χ0) is 24.1. The van der Waals surface area contributed by atoms with Crippen molar-refractivity contribution >= 4 is 17.5 Å². The quantitative estimate of drug-likeness (QED) is 0.522. The molecule has 3 aromatic rings. The molecule has 0 saturated carbocycles. The number of nitrogens with one attached hydrogen (secondary N) is 1. The van der Waals surface area contributed by atoms with Crippen LogP contribution in [0.1, 0.15) is 33.1 Å². The summed E-state index contributed by atoms with van der Waals surface area (Å²) in [6, 6.07) is 12.7. The Morgan fingerprint density at radius 3 is 2.38 bits per heavy atom. The van der Waals surface area contributed by atoms with Gasteiger partial charge in [-0.1, -0.05) is 35.9 Å². The van der Waals surface area contributed by atoms with Crippen molar-refractivity contribution in [2.75, 3.05) is 26.2 Å². The minimum absolute atomic E-state index is 0.0421. The zero-order valence-corrected chi connectivity index (χ0v) is 19.1. The summed E-state index contributed by atoms with van der Waals surface area (Å²) in [7, 11) is 0. The highest BCUT2D eigenvalue weighted by atomic mass is 35.5. The van der Waals surface area contributed by atoms with Gasteiger partial charge in [-0.2, -0.15) is 13.2 Å². The smallest absolute Gasteiger partial charge is 0.416 e. The molecule has 1 fully saturated rings. The summed E-state index contributed by atoms with van der Waals surface area (Å²) in [6.45, 7) is 4.71. The van der Waals surface area contributed by atoms with E-state index in [4.69, 9.17) is 16.0 Å². The van der Waals surface area contributed by atoms with Gasteiger partial charge < -0.3 is 9.73 Å². The molecule has 34 heavy (non-hydrogen) atoms. The van der Waals surface area contributed by atoms with Gasteiger partial charge in [-0.3, -0.25) is 14.6 Å². The number of nitrogens with zero attached hydrogens (tertiary/aromatic N) is 3. The minimum atomic E-state index is -4.43. The van der Waals surface area contributed by atoms with E-state index in [2.05, 4.69) is 26.2 Å². The molecule has 10 heteroatoms. The lowest BCUT2D eigenvalue weighted by atomic mass is 10.1. The summed E-state index contributed by atoms with van der Waals surface area (Å²) < 4.78 is 44.0. The molecule has 1 aromatic heterocycles. The number of amides is 1. The molecule has 0 aliphatic carbocycles. The van der Waals surface area contributed by atoms with Crippen LogP contribution in [0, 0.1) is 0 Å². The number of halogens is 4. The van der Waals surface area contributed by atoms with Crippen molar-refractivity contribution in [3.05, 3.63) is 88.1 Å². The SMILES string of the molecule is O=C(NCc1cccc(C(F)(F)F)c1)c1coc(CN2CCN(Cc3cccc(Cl)c3)CC2)n1. The third kappa shape index (κ3) is 6.59. The lowest BCUT2D eigenvalue weighted by Gasteiger charge is -2.34. The van der Waals surface area contributed by atoms with Gasteiger partial charge in [0, 0.05) is 44.3 Å². The number of benzene rings is 2. The second-order valence-corrected chi connectivity index (χ2v) is 8.63. The molecule has 0 spiro atoms. The molecule has 4 rings (SSSR count). The van der Waals surface area contributed by atoms with Crippen LogP contribution in [-0.2, 0) is 25.8 Å². The molecule has 1 aliphatic rings. The summed E-state index contributed by atoms with van der Waals surface area (Å²) in [5.41, 5.74) is 0.870. The second kappa shape index (κ2) is 10.6. The van der Waals surface area contributed by atoms with Gasteiger partial charge in [0.05, 0.1) is 12.1 Å². The summed E-state index contributed by atoms with van der Waals surface area (Å²) >= 11 is 6.06. The first-order chi connectivity index (χ1) is 16.3. The van der Waals surface area contributed by atoms with Gasteiger partial charge in [-0.25, -0.2) is 4.98 Å². The van der Waals surface area contributed by atoms with E-state index in [1.54, 1.807) is 0 Å². The molecule has 1 amide bonds. The fraction of sp³-hybridized carbons (Fsp3) is 0.333. The topological polar surface area (TPSA) is 61.6 Å². The molecule has 0 radical (unpaired) electrons. The number of rotatable bonds is 7. The number of carbonyl (C=O) groups excluding carboxylic acids is 1. The van der Waals surface area contributed by atoms with Crippen LogP contribution in [0.15, 0.2) is 59.2 Å². The number of piperazine rings is 1. The van der Waals surface area contributed by atoms with Gasteiger partial charge in [0.15, 0.2) is 5.69 Å². The molecule has 1 saturated heterocycles. The Morgan fingerprint density at radius 2 is 1.68 bits per heavy atom. The van der Waals surface area contributed by atoms with E-state index in [1.807, 2.05) is 18.2 Å². The van der Waals surface area contributed by atoms with E-state index < -0.39 is 17.6 Å². The average Bonchev–Trinajstić information content (AvgIpc) is 3.27. The normalized spacial score (nSPS) is 15.4. The maximum absolute atomic E-state index is 12.8. The maximum Gasteiger partial charge on any atom is 0.416 e. The molecular weight excluding hydrogens is 469 g/mol. The van der Waals surface area contributed by atoms with Crippen molar-refractivity contribution in [1.29, 1.82) is 0 Å². The number of alkyl halides is 3. The first kappa shape index (κ1) is 24.3. The highest BCUT2D eigenvalue weighted by Crippen LogP contribution is 2.29. The number of hydrogen-bond acceptors (Lipinski definition) is 5. The molecule has 2 heterocycles. The lowest BCUT2D eigenvalue weighted by molar-refractivity contribution is -0.137. The van der Waals surface area contributed by atoms with Crippen molar-refractivity contribution in [2.45, 2.75) is 25.8 Å². The summed E-state index contributed by atoms with van der Waals surface area (Å²) in [4.78, 5) is 21.2. The first-order valence-electron chi connectivity index (χ1n) is 10.8. The largest absolute Gasteiger partial charge is 0.447 e.